The van der Waals surface area contributed by atoms with Gasteiger partial charge in [-0.25, -0.2) is 0 Å². The summed E-state index contributed by atoms with van der Waals surface area (Å²) < 4.78 is 0. The highest BCUT2D eigenvalue weighted by molar-refractivity contribution is 5.12. The van der Waals surface area contributed by atoms with Crippen molar-refractivity contribution in [2.24, 2.45) is 0 Å². The topological polar surface area (TPSA) is 25.8 Å². The first-order valence-electron chi connectivity index (χ1n) is 7.65. The lowest BCUT2D eigenvalue weighted by Crippen LogP contribution is -2.01. The standard InChI is InChI=1S/C16H28N2/c1-3-5-7-9-11-15(10-8-6-4-2)16-12-13-17-18-14-16/h12-15H,3-11H2,1-2H3. The second-order valence-electron chi connectivity index (χ2n) is 5.22. The number of rotatable bonds is 10. The maximum atomic E-state index is 4.03. The summed E-state index contributed by atoms with van der Waals surface area (Å²) in [5, 5.41) is 7.91. The van der Waals surface area contributed by atoms with Crippen LogP contribution >= 0.6 is 0 Å². The van der Waals surface area contributed by atoms with Crippen LogP contribution in [-0.2, 0) is 0 Å². The summed E-state index contributed by atoms with van der Waals surface area (Å²) in [5.74, 6) is 0.698. The highest BCUT2D eigenvalue weighted by Gasteiger charge is 2.11. The molecule has 0 saturated heterocycles. The monoisotopic (exact) mass is 248 g/mol. The molecule has 0 amide bonds. The fourth-order valence-corrected chi connectivity index (χ4v) is 2.48. The molecule has 0 saturated carbocycles. The second kappa shape index (κ2) is 10.0. The Labute approximate surface area is 112 Å². The molecule has 1 atom stereocenters. The Hall–Kier alpha value is -0.920. The fraction of sp³-hybridized carbons (Fsp3) is 0.750. The Morgan fingerprint density at radius 1 is 0.889 bits per heavy atom. The lowest BCUT2D eigenvalue weighted by Gasteiger charge is -2.16. The summed E-state index contributed by atoms with van der Waals surface area (Å²) in [6.07, 6.45) is 15.8. The van der Waals surface area contributed by atoms with Crippen molar-refractivity contribution >= 4 is 0 Å². The number of hydrogen-bond acceptors (Lipinski definition) is 2. The van der Waals surface area contributed by atoms with E-state index in [0.717, 1.165) is 0 Å². The van der Waals surface area contributed by atoms with E-state index >= 15 is 0 Å². The van der Waals surface area contributed by atoms with Gasteiger partial charge >= 0.3 is 0 Å². The molecule has 0 aromatic carbocycles. The summed E-state index contributed by atoms with van der Waals surface area (Å²) in [6.45, 7) is 4.54. The van der Waals surface area contributed by atoms with Crippen LogP contribution in [-0.4, -0.2) is 10.2 Å². The molecule has 0 radical (unpaired) electrons. The van der Waals surface area contributed by atoms with Crippen molar-refractivity contribution in [2.45, 2.75) is 77.6 Å². The second-order valence-corrected chi connectivity index (χ2v) is 5.22. The molecule has 1 aromatic heterocycles. The SMILES string of the molecule is CCCCCCC(CCCCC)c1ccnnc1. The van der Waals surface area contributed by atoms with Gasteiger partial charge in [-0.05, 0) is 30.4 Å². The lowest BCUT2D eigenvalue weighted by atomic mass is 9.89. The van der Waals surface area contributed by atoms with Gasteiger partial charge in [-0.2, -0.15) is 10.2 Å². The Bertz CT molecular complexity index is 284. The number of aromatic nitrogens is 2. The number of hydrogen-bond donors (Lipinski definition) is 0. The third kappa shape index (κ3) is 6.13. The van der Waals surface area contributed by atoms with Crippen LogP contribution in [0.4, 0.5) is 0 Å². The minimum Gasteiger partial charge on any atom is -0.159 e. The fourth-order valence-electron chi connectivity index (χ4n) is 2.48. The zero-order valence-corrected chi connectivity index (χ0v) is 12.1. The molecular formula is C16H28N2. The van der Waals surface area contributed by atoms with Crippen LogP contribution in [0.3, 0.4) is 0 Å². The summed E-state index contributed by atoms with van der Waals surface area (Å²) in [4.78, 5) is 0. The van der Waals surface area contributed by atoms with E-state index < -0.39 is 0 Å². The molecule has 1 aromatic rings. The molecule has 102 valence electrons. The third-order valence-corrected chi connectivity index (χ3v) is 3.64. The summed E-state index contributed by atoms with van der Waals surface area (Å²) in [5.41, 5.74) is 1.39. The van der Waals surface area contributed by atoms with Crippen molar-refractivity contribution in [1.82, 2.24) is 10.2 Å². The van der Waals surface area contributed by atoms with Crippen LogP contribution in [0.1, 0.15) is 83.1 Å². The van der Waals surface area contributed by atoms with Crippen LogP contribution in [0.25, 0.3) is 0 Å². The van der Waals surface area contributed by atoms with Gasteiger partial charge in [-0.1, -0.05) is 58.8 Å². The van der Waals surface area contributed by atoms with E-state index in [0.29, 0.717) is 5.92 Å². The van der Waals surface area contributed by atoms with Crippen molar-refractivity contribution in [3.63, 3.8) is 0 Å². The maximum Gasteiger partial charge on any atom is 0.0531 e. The normalized spacial score (nSPS) is 12.6. The number of unbranched alkanes of at least 4 members (excludes halogenated alkanes) is 5. The molecule has 1 heterocycles. The molecule has 0 aliphatic carbocycles. The average molecular weight is 248 g/mol. The molecular weight excluding hydrogens is 220 g/mol. The Kier molecular flexibility index (Phi) is 8.45. The molecule has 1 unspecified atom stereocenters. The van der Waals surface area contributed by atoms with E-state index in [-0.39, 0.29) is 0 Å². The molecule has 18 heavy (non-hydrogen) atoms. The van der Waals surface area contributed by atoms with Crippen LogP contribution in [0, 0.1) is 0 Å². The Morgan fingerprint density at radius 3 is 2.17 bits per heavy atom. The molecule has 2 nitrogen and oxygen atoms in total. The molecule has 0 spiro atoms. The smallest absolute Gasteiger partial charge is 0.0531 e. The maximum absolute atomic E-state index is 4.03. The predicted molar refractivity (Wildman–Crippen MR) is 77.7 cm³/mol. The molecule has 0 bridgehead atoms. The molecule has 0 aliphatic heterocycles. The van der Waals surface area contributed by atoms with E-state index in [1.165, 1.54) is 63.4 Å². The first-order valence-corrected chi connectivity index (χ1v) is 7.65. The Morgan fingerprint density at radius 2 is 1.56 bits per heavy atom. The van der Waals surface area contributed by atoms with Gasteiger partial charge in [0, 0.05) is 6.20 Å². The zero-order chi connectivity index (χ0) is 13.1. The van der Waals surface area contributed by atoms with Crippen molar-refractivity contribution < 1.29 is 0 Å². The summed E-state index contributed by atoms with van der Waals surface area (Å²) in [7, 11) is 0. The molecule has 1 rings (SSSR count). The van der Waals surface area contributed by atoms with Crippen LogP contribution < -0.4 is 0 Å². The minimum absolute atomic E-state index is 0.698. The van der Waals surface area contributed by atoms with E-state index in [9.17, 15) is 0 Å². The third-order valence-electron chi connectivity index (χ3n) is 3.64. The summed E-state index contributed by atoms with van der Waals surface area (Å²) >= 11 is 0. The number of nitrogens with zero attached hydrogens (tertiary/aromatic N) is 2. The van der Waals surface area contributed by atoms with E-state index in [2.05, 4.69) is 30.1 Å². The first kappa shape index (κ1) is 15.1. The van der Waals surface area contributed by atoms with Crippen LogP contribution in [0.5, 0.6) is 0 Å². The highest BCUT2D eigenvalue weighted by atomic mass is 15.1. The van der Waals surface area contributed by atoms with Crippen molar-refractivity contribution in [3.05, 3.63) is 24.0 Å². The zero-order valence-electron chi connectivity index (χ0n) is 12.1. The molecule has 0 aliphatic rings. The van der Waals surface area contributed by atoms with E-state index in [1.54, 1.807) is 0 Å². The molecule has 2 heteroatoms. The largest absolute Gasteiger partial charge is 0.159 e. The van der Waals surface area contributed by atoms with Gasteiger partial charge < -0.3 is 0 Å². The highest BCUT2D eigenvalue weighted by Crippen LogP contribution is 2.27. The van der Waals surface area contributed by atoms with Gasteiger partial charge in [-0.3, -0.25) is 0 Å². The van der Waals surface area contributed by atoms with Crippen molar-refractivity contribution in [1.29, 1.82) is 0 Å². The lowest BCUT2D eigenvalue weighted by molar-refractivity contribution is 0.499. The Balaban J connectivity index is 2.42. The minimum atomic E-state index is 0.698. The molecule has 0 fully saturated rings. The molecule has 0 N–H and O–H groups in total. The first-order chi connectivity index (χ1) is 8.88. The van der Waals surface area contributed by atoms with Gasteiger partial charge in [0.05, 0.1) is 6.20 Å². The van der Waals surface area contributed by atoms with Crippen LogP contribution in [0.2, 0.25) is 0 Å². The van der Waals surface area contributed by atoms with Gasteiger partial charge in [0.25, 0.3) is 0 Å². The van der Waals surface area contributed by atoms with Gasteiger partial charge in [0.2, 0.25) is 0 Å². The van der Waals surface area contributed by atoms with Gasteiger partial charge in [0.15, 0.2) is 0 Å². The van der Waals surface area contributed by atoms with Gasteiger partial charge in [-0.15, -0.1) is 0 Å². The van der Waals surface area contributed by atoms with Crippen molar-refractivity contribution in [2.75, 3.05) is 0 Å². The average Bonchev–Trinajstić information content (AvgIpc) is 2.42. The van der Waals surface area contributed by atoms with E-state index in [1.807, 2.05) is 12.4 Å². The van der Waals surface area contributed by atoms with Crippen LogP contribution in [0.15, 0.2) is 18.5 Å². The predicted octanol–water partition coefficient (Wildman–Crippen LogP) is 5.11. The quantitative estimate of drug-likeness (QED) is 0.538. The van der Waals surface area contributed by atoms with Gasteiger partial charge in [0.1, 0.15) is 0 Å². The van der Waals surface area contributed by atoms with Crippen molar-refractivity contribution in [3.8, 4) is 0 Å². The van der Waals surface area contributed by atoms with E-state index in [4.69, 9.17) is 0 Å². The summed E-state index contributed by atoms with van der Waals surface area (Å²) in [6, 6.07) is 2.14.